The Bertz CT molecular complexity index is 551. The van der Waals surface area contributed by atoms with Crippen LogP contribution in [0.5, 0.6) is 0 Å². The minimum atomic E-state index is -4.29. The maximum absolute atomic E-state index is 11.9. The van der Waals surface area contributed by atoms with E-state index in [1.54, 1.807) is 24.3 Å². The van der Waals surface area contributed by atoms with Crippen LogP contribution >= 0.6 is 11.3 Å². The van der Waals surface area contributed by atoms with Crippen LogP contribution in [0.4, 0.5) is 24.0 Å². The van der Waals surface area contributed by atoms with Crippen LogP contribution in [0.2, 0.25) is 0 Å². The van der Waals surface area contributed by atoms with Gasteiger partial charge in [0.2, 0.25) is 0 Å². The van der Waals surface area contributed by atoms with Crippen LogP contribution in [-0.4, -0.2) is 17.8 Å². The number of aromatic nitrogens is 1. The molecule has 0 fully saturated rings. The quantitative estimate of drug-likeness (QED) is 0.895. The number of halogens is 3. The second-order valence-corrected chi connectivity index (χ2v) is 5.08. The van der Waals surface area contributed by atoms with E-state index in [0.717, 1.165) is 16.5 Å². The zero-order valence-electron chi connectivity index (χ0n) is 10.7. The minimum absolute atomic E-state index is 0.0594. The van der Waals surface area contributed by atoms with Crippen LogP contribution in [0.15, 0.2) is 29.6 Å². The molecule has 20 heavy (non-hydrogen) atoms. The molecule has 1 N–H and O–H groups in total. The highest BCUT2D eigenvalue weighted by atomic mass is 32.1. The molecular weight excluding hydrogens is 289 g/mol. The number of rotatable bonds is 5. The molecule has 0 unspecified atom stereocenters. The van der Waals surface area contributed by atoms with E-state index in [1.807, 2.05) is 12.3 Å². The Hall–Kier alpha value is -1.60. The smallest absolute Gasteiger partial charge is 0.367 e. The number of hydrogen-bond donors (Lipinski definition) is 1. The van der Waals surface area contributed by atoms with Crippen molar-refractivity contribution in [3.63, 3.8) is 0 Å². The summed E-state index contributed by atoms with van der Waals surface area (Å²) in [5, 5.41) is 5.83. The lowest BCUT2D eigenvalue weighted by Crippen LogP contribution is -2.16. The molecule has 0 spiro atoms. The molecule has 7 heteroatoms. The summed E-state index contributed by atoms with van der Waals surface area (Å²) in [5.41, 5.74) is 2.46. The van der Waals surface area contributed by atoms with Crippen molar-refractivity contribution in [3.05, 3.63) is 40.9 Å². The Morgan fingerprint density at radius 2 is 1.95 bits per heavy atom. The topological polar surface area (TPSA) is 34.1 Å². The zero-order chi connectivity index (χ0) is 14.6. The predicted molar refractivity (Wildman–Crippen MR) is 72.3 cm³/mol. The Kier molecular flexibility index (Phi) is 4.61. The minimum Gasteiger partial charge on any atom is -0.367 e. The molecule has 0 bridgehead atoms. The van der Waals surface area contributed by atoms with Crippen LogP contribution in [0.1, 0.15) is 11.3 Å². The first-order valence-corrected chi connectivity index (χ1v) is 6.73. The van der Waals surface area contributed by atoms with Gasteiger partial charge in [-0.25, -0.2) is 4.98 Å². The van der Waals surface area contributed by atoms with Crippen LogP contribution in [0.25, 0.3) is 0 Å². The molecule has 0 aliphatic carbocycles. The summed E-state index contributed by atoms with van der Waals surface area (Å²) in [6, 6.07) is 7.00. The Labute approximate surface area is 118 Å². The molecule has 0 aliphatic rings. The third kappa shape index (κ3) is 4.82. The van der Waals surface area contributed by atoms with Crippen molar-refractivity contribution < 1.29 is 17.9 Å². The fraction of sp³-hybridized carbons (Fsp3) is 0.308. The molecule has 3 nitrogen and oxygen atoms in total. The van der Waals surface area contributed by atoms with Gasteiger partial charge in [0.15, 0.2) is 5.13 Å². The predicted octanol–water partition coefficient (Wildman–Crippen LogP) is 4.27. The van der Waals surface area contributed by atoms with E-state index in [0.29, 0.717) is 5.56 Å². The summed E-state index contributed by atoms with van der Waals surface area (Å²) in [6.07, 6.45) is -4.29. The average Bonchev–Trinajstić information content (AvgIpc) is 2.75. The van der Waals surface area contributed by atoms with Gasteiger partial charge in [-0.1, -0.05) is 12.1 Å². The maximum Gasteiger partial charge on any atom is 0.411 e. The van der Waals surface area contributed by atoms with Gasteiger partial charge in [-0.15, -0.1) is 11.3 Å². The van der Waals surface area contributed by atoms with Gasteiger partial charge < -0.3 is 10.1 Å². The van der Waals surface area contributed by atoms with Crippen LogP contribution in [-0.2, 0) is 11.3 Å². The lowest BCUT2D eigenvalue weighted by molar-refractivity contribution is -0.176. The van der Waals surface area contributed by atoms with E-state index < -0.39 is 12.8 Å². The van der Waals surface area contributed by atoms with Gasteiger partial charge >= 0.3 is 6.18 Å². The highest BCUT2D eigenvalue weighted by Crippen LogP contribution is 2.21. The average molecular weight is 302 g/mol. The third-order valence-corrected chi connectivity index (χ3v) is 3.23. The monoisotopic (exact) mass is 302 g/mol. The maximum atomic E-state index is 11.9. The molecule has 2 aromatic rings. The number of alkyl halides is 3. The van der Waals surface area contributed by atoms with Crippen LogP contribution in [0, 0.1) is 6.92 Å². The van der Waals surface area contributed by atoms with Gasteiger partial charge in [0.25, 0.3) is 0 Å². The molecule has 2 rings (SSSR count). The Balaban J connectivity index is 1.86. The molecular formula is C13H13F3N2OS. The van der Waals surface area contributed by atoms with Gasteiger partial charge in [0.1, 0.15) is 6.61 Å². The SMILES string of the molecule is Cc1csc(Nc2ccc(COCC(F)(F)F)cc2)n1. The van der Waals surface area contributed by atoms with E-state index in [1.165, 1.54) is 11.3 Å². The molecule has 0 aliphatic heterocycles. The first-order valence-electron chi connectivity index (χ1n) is 5.85. The van der Waals surface area contributed by atoms with E-state index >= 15 is 0 Å². The summed E-state index contributed by atoms with van der Waals surface area (Å²) in [6.45, 7) is 0.615. The standard InChI is InChI=1S/C13H13F3N2OS/c1-9-7-20-12(17-9)18-11-4-2-10(3-5-11)6-19-8-13(14,15)16/h2-5,7H,6,8H2,1H3,(H,17,18). The first-order chi connectivity index (χ1) is 9.42. The van der Waals surface area contributed by atoms with E-state index in [4.69, 9.17) is 0 Å². The van der Waals surface area contributed by atoms with Gasteiger partial charge in [-0.3, -0.25) is 0 Å². The zero-order valence-corrected chi connectivity index (χ0v) is 11.5. The van der Waals surface area contributed by atoms with Gasteiger partial charge in [-0.05, 0) is 24.6 Å². The van der Waals surface area contributed by atoms with Crippen molar-refractivity contribution >= 4 is 22.2 Å². The number of anilines is 2. The van der Waals surface area contributed by atoms with Crippen molar-refractivity contribution in [1.82, 2.24) is 4.98 Å². The van der Waals surface area contributed by atoms with Crippen LogP contribution < -0.4 is 5.32 Å². The number of ether oxygens (including phenoxy) is 1. The number of hydrogen-bond acceptors (Lipinski definition) is 4. The summed E-state index contributed by atoms with van der Waals surface area (Å²) < 4.78 is 40.4. The number of aryl methyl sites for hydroxylation is 1. The van der Waals surface area contributed by atoms with Crippen molar-refractivity contribution in [3.8, 4) is 0 Å². The van der Waals surface area contributed by atoms with E-state index in [-0.39, 0.29) is 6.61 Å². The highest BCUT2D eigenvalue weighted by molar-refractivity contribution is 7.13. The molecule has 1 aromatic heterocycles. The molecule has 0 radical (unpaired) electrons. The normalized spacial score (nSPS) is 11.6. The highest BCUT2D eigenvalue weighted by Gasteiger charge is 2.27. The lowest BCUT2D eigenvalue weighted by Gasteiger charge is -2.08. The van der Waals surface area contributed by atoms with Gasteiger partial charge in [0.05, 0.1) is 12.3 Å². The lowest BCUT2D eigenvalue weighted by atomic mass is 10.2. The number of nitrogens with one attached hydrogen (secondary N) is 1. The number of benzene rings is 1. The summed E-state index contributed by atoms with van der Waals surface area (Å²) in [7, 11) is 0. The van der Waals surface area contributed by atoms with Gasteiger partial charge in [-0.2, -0.15) is 13.2 Å². The molecule has 0 saturated heterocycles. The number of nitrogens with zero attached hydrogens (tertiary/aromatic N) is 1. The molecule has 1 heterocycles. The van der Waals surface area contributed by atoms with Crippen molar-refractivity contribution in [2.45, 2.75) is 19.7 Å². The fourth-order valence-corrected chi connectivity index (χ4v) is 2.21. The van der Waals surface area contributed by atoms with E-state index in [9.17, 15) is 13.2 Å². The Morgan fingerprint density at radius 3 is 2.50 bits per heavy atom. The van der Waals surface area contributed by atoms with Crippen molar-refractivity contribution in [2.24, 2.45) is 0 Å². The van der Waals surface area contributed by atoms with Crippen molar-refractivity contribution in [2.75, 3.05) is 11.9 Å². The fourth-order valence-electron chi connectivity index (χ4n) is 1.50. The largest absolute Gasteiger partial charge is 0.411 e. The Morgan fingerprint density at radius 1 is 1.25 bits per heavy atom. The summed E-state index contributed by atoms with van der Waals surface area (Å²) in [5.74, 6) is 0. The second kappa shape index (κ2) is 6.23. The van der Waals surface area contributed by atoms with Gasteiger partial charge in [0, 0.05) is 11.1 Å². The number of thiazole rings is 1. The first kappa shape index (κ1) is 14.8. The molecule has 0 atom stereocenters. The summed E-state index contributed by atoms with van der Waals surface area (Å²) >= 11 is 1.49. The van der Waals surface area contributed by atoms with E-state index in [2.05, 4.69) is 15.0 Å². The second-order valence-electron chi connectivity index (χ2n) is 4.22. The molecule has 0 amide bonds. The molecule has 1 aromatic carbocycles. The van der Waals surface area contributed by atoms with Crippen LogP contribution in [0.3, 0.4) is 0 Å². The molecule has 0 saturated carbocycles. The van der Waals surface area contributed by atoms with Crippen molar-refractivity contribution in [1.29, 1.82) is 0 Å². The third-order valence-electron chi connectivity index (χ3n) is 2.36. The summed E-state index contributed by atoms with van der Waals surface area (Å²) in [4.78, 5) is 4.26. The molecule has 108 valence electrons.